The van der Waals surface area contributed by atoms with E-state index in [1.165, 1.54) is 205 Å². The number of phosphoric acid groups is 1. The van der Waals surface area contributed by atoms with E-state index in [0.29, 0.717) is 6.42 Å². The van der Waals surface area contributed by atoms with Gasteiger partial charge in [-0.15, -0.1) is 0 Å². The highest BCUT2D eigenvalue weighted by Gasteiger charge is 2.26. The van der Waals surface area contributed by atoms with E-state index in [1.807, 2.05) is 6.08 Å². The monoisotopic (exact) mass is 869 g/mol. The van der Waals surface area contributed by atoms with E-state index in [1.54, 1.807) is 6.08 Å². The highest BCUT2D eigenvalue weighted by molar-refractivity contribution is 7.47. The summed E-state index contributed by atoms with van der Waals surface area (Å²) in [5, 5.41) is 13.7. The van der Waals surface area contributed by atoms with E-state index >= 15 is 0 Å². The smallest absolute Gasteiger partial charge is 0.387 e. The van der Waals surface area contributed by atoms with Gasteiger partial charge in [-0.1, -0.05) is 237 Å². The van der Waals surface area contributed by atoms with Gasteiger partial charge in [0.2, 0.25) is 5.91 Å². The Hall–Kier alpha value is -1.02. The van der Waals surface area contributed by atoms with E-state index in [9.17, 15) is 19.4 Å². The van der Waals surface area contributed by atoms with Crippen LogP contribution in [0.3, 0.4) is 0 Å². The quantitative estimate of drug-likeness (QED) is 0.0272. The van der Waals surface area contributed by atoms with Crippen LogP contribution in [0.15, 0.2) is 24.3 Å². The van der Waals surface area contributed by atoms with Crippen LogP contribution in [0.1, 0.15) is 264 Å². The molecule has 0 aromatic carbocycles. The van der Waals surface area contributed by atoms with Crippen LogP contribution in [0.2, 0.25) is 0 Å². The van der Waals surface area contributed by atoms with Gasteiger partial charge < -0.3 is 21.1 Å². The first-order chi connectivity index (χ1) is 29.4. The van der Waals surface area contributed by atoms with Crippen molar-refractivity contribution in [3.63, 3.8) is 0 Å². The van der Waals surface area contributed by atoms with Gasteiger partial charge in [0.05, 0.1) is 25.4 Å². The van der Waals surface area contributed by atoms with Crippen molar-refractivity contribution in [2.24, 2.45) is 5.73 Å². The lowest BCUT2D eigenvalue weighted by Gasteiger charge is -2.23. The summed E-state index contributed by atoms with van der Waals surface area (Å²) in [5.74, 6) is -0.193. The van der Waals surface area contributed by atoms with E-state index in [-0.39, 0.29) is 25.7 Å². The normalized spacial score (nSPS) is 14.0. The predicted octanol–water partition coefficient (Wildman–Crippen LogP) is 15.3. The average Bonchev–Trinajstić information content (AvgIpc) is 3.24. The van der Waals surface area contributed by atoms with Crippen molar-refractivity contribution in [3.8, 4) is 0 Å². The molecule has 60 heavy (non-hydrogen) atoms. The fourth-order valence-electron chi connectivity index (χ4n) is 7.83. The molecule has 0 aromatic heterocycles. The molecular weight excluding hydrogens is 768 g/mol. The van der Waals surface area contributed by atoms with Gasteiger partial charge in [-0.3, -0.25) is 13.8 Å². The molecule has 356 valence electrons. The van der Waals surface area contributed by atoms with Gasteiger partial charge in [0.15, 0.2) is 0 Å². The Bertz CT molecular complexity index is 995. The molecule has 0 aliphatic heterocycles. The minimum Gasteiger partial charge on any atom is -0.387 e. The maximum Gasteiger partial charge on any atom is 0.472 e. The molecule has 8 nitrogen and oxygen atoms in total. The van der Waals surface area contributed by atoms with Gasteiger partial charge in [0, 0.05) is 13.0 Å². The molecule has 0 heterocycles. The van der Waals surface area contributed by atoms with Gasteiger partial charge in [0.25, 0.3) is 0 Å². The van der Waals surface area contributed by atoms with Gasteiger partial charge >= 0.3 is 7.82 Å². The number of hydrogen-bond acceptors (Lipinski definition) is 6. The third kappa shape index (κ3) is 45.0. The Labute approximate surface area is 372 Å². The number of carbonyl (C=O) groups excluding carboxylic acids is 1. The van der Waals surface area contributed by atoms with Crippen LogP contribution in [0.5, 0.6) is 0 Å². The summed E-state index contributed by atoms with van der Waals surface area (Å²) in [6, 6.07) is -0.860. The van der Waals surface area contributed by atoms with Crippen LogP contribution in [-0.2, 0) is 18.4 Å². The van der Waals surface area contributed by atoms with Crippen molar-refractivity contribution in [1.82, 2.24) is 5.32 Å². The molecule has 9 heteroatoms. The topological polar surface area (TPSA) is 131 Å². The number of allylic oxidation sites excluding steroid dienone is 3. The molecule has 0 bridgehead atoms. The molecule has 0 aliphatic rings. The number of rotatable bonds is 49. The number of aliphatic hydroxyl groups is 1. The van der Waals surface area contributed by atoms with Crippen molar-refractivity contribution in [3.05, 3.63) is 24.3 Å². The largest absolute Gasteiger partial charge is 0.472 e. The van der Waals surface area contributed by atoms with Crippen molar-refractivity contribution in [2.75, 3.05) is 19.8 Å². The Morgan fingerprint density at radius 1 is 0.533 bits per heavy atom. The molecule has 0 spiro atoms. The Morgan fingerprint density at radius 2 is 0.867 bits per heavy atom. The first-order valence-corrected chi connectivity index (χ1v) is 27.5. The number of nitrogens with two attached hydrogens (primary N) is 1. The van der Waals surface area contributed by atoms with Crippen LogP contribution < -0.4 is 11.1 Å². The molecule has 0 fully saturated rings. The van der Waals surface area contributed by atoms with Crippen molar-refractivity contribution in [1.29, 1.82) is 0 Å². The van der Waals surface area contributed by atoms with Gasteiger partial charge in [0.1, 0.15) is 0 Å². The van der Waals surface area contributed by atoms with Gasteiger partial charge in [-0.05, 0) is 44.9 Å². The van der Waals surface area contributed by atoms with Crippen LogP contribution in [0.4, 0.5) is 0 Å². The number of carbonyl (C=O) groups is 1. The predicted molar refractivity (Wildman–Crippen MR) is 258 cm³/mol. The fourth-order valence-corrected chi connectivity index (χ4v) is 8.59. The van der Waals surface area contributed by atoms with Crippen LogP contribution in [-0.4, -0.2) is 47.8 Å². The second-order valence-electron chi connectivity index (χ2n) is 17.7. The highest BCUT2D eigenvalue weighted by Crippen LogP contribution is 2.43. The maximum atomic E-state index is 12.8. The zero-order valence-corrected chi connectivity index (χ0v) is 40.6. The summed E-state index contributed by atoms with van der Waals surface area (Å²) < 4.78 is 22.2. The minimum absolute atomic E-state index is 0.0796. The second-order valence-corrected chi connectivity index (χ2v) is 19.2. The number of aliphatic hydroxyl groups excluding tert-OH is 1. The lowest BCUT2D eigenvalue weighted by atomic mass is 10.0. The first-order valence-electron chi connectivity index (χ1n) is 26.0. The number of nitrogens with one attached hydrogen (secondary N) is 1. The first kappa shape index (κ1) is 59.0. The summed E-state index contributed by atoms with van der Waals surface area (Å²) in [6.45, 7) is 4.17. The molecule has 0 saturated carbocycles. The second kappa shape index (κ2) is 47.5. The molecule has 1 amide bonds. The lowest BCUT2D eigenvalue weighted by Crippen LogP contribution is -2.45. The van der Waals surface area contributed by atoms with Crippen LogP contribution in [0, 0.1) is 0 Å². The highest BCUT2D eigenvalue weighted by atomic mass is 31.2. The lowest BCUT2D eigenvalue weighted by molar-refractivity contribution is -0.123. The molecule has 3 unspecified atom stereocenters. The molecular formula is C51H101N2O6P. The third-order valence-electron chi connectivity index (χ3n) is 11.8. The average molecular weight is 869 g/mol. The number of unbranched alkanes of at least 4 members (excludes halogenated alkanes) is 35. The Balaban J connectivity index is 4.08. The Morgan fingerprint density at radius 3 is 1.23 bits per heavy atom. The molecule has 5 N–H and O–H groups in total. The van der Waals surface area contributed by atoms with E-state index in [4.69, 9.17) is 14.8 Å². The number of amides is 1. The van der Waals surface area contributed by atoms with Crippen molar-refractivity contribution in [2.45, 2.75) is 276 Å². The van der Waals surface area contributed by atoms with E-state index in [2.05, 4.69) is 31.3 Å². The third-order valence-corrected chi connectivity index (χ3v) is 12.8. The van der Waals surface area contributed by atoms with Crippen LogP contribution in [0.25, 0.3) is 0 Å². The van der Waals surface area contributed by atoms with E-state index < -0.39 is 20.0 Å². The van der Waals surface area contributed by atoms with E-state index in [0.717, 1.165) is 38.5 Å². The fraction of sp³-hybridized carbons (Fsp3) is 0.902. The van der Waals surface area contributed by atoms with Gasteiger partial charge in [-0.25, -0.2) is 4.57 Å². The van der Waals surface area contributed by atoms with Crippen molar-refractivity contribution < 1.29 is 28.4 Å². The van der Waals surface area contributed by atoms with Gasteiger partial charge in [-0.2, -0.15) is 0 Å². The molecule has 0 rings (SSSR count). The SMILES string of the molecule is CCCCCCCCCC/C=C\CCCCCCCCCCCC(=O)NC(COP(=O)(O)OCCN)C(O)/C=C/CCCCCCCCCCCCCCCCCCCC. The molecule has 0 aliphatic carbocycles. The maximum absolute atomic E-state index is 12.8. The number of hydrogen-bond donors (Lipinski definition) is 4. The standard InChI is InChI=1S/C51H101N2O6P/c1-3-5-7-9-11-13-15-17-19-21-23-25-27-29-31-33-35-37-39-41-43-45-51(55)53-49(48-59-60(56,57)58-47-46-52)50(54)44-42-40-38-36-34-32-30-28-26-24-22-20-18-16-14-12-10-8-6-4-2/h21,23,42,44,49-50,54H,3-20,22,24-41,43,45-48,52H2,1-2H3,(H,53,55)(H,56,57)/b23-21-,44-42+. The summed E-state index contributed by atoms with van der Waals surface area (Å²) >= 11 is 0. The zero-order chi connectivity index (χ0) is 43.9. The summed E-state index contributed by atoms with van der Waals surface area (Å²) in [7, 11) is -4.34. The summed E-state index contributed by atoms with van der Waals surface area (Å²) in [6.07, 6.45) is 56.7. The minimum atomic E-state index is -4.34. The zero-order valence-electron chi connectivity index (χ0n) is 39.7. The molecule has 0 radical (unpaired) electrons. The van der Waals surface area contributed by atoms with Crippen molar-refractivity contribution >= 4 is 13.7 Å². The summed E-state index contributed by atoms with van der Waals surface area (Å²) in [5.41, 5.74) is 5.39. The molecule has 3 atom stereocenters. The molecule has 0 saturated heterocycles. The Kier molecular flexibility index (Phi) is 46.7. The molecule has 0 aromatic rings. The van der Waals surface area contributed by atoms with Crippen LogP contribution >= 0.6 is 7.82 Å². The summed E-state index contributed by atoms with van der Waals surface area (Å²) in [4.78, 5) is 22.8. The number of phosphoric ester groups is 1.